The Morgan fingerprint density at radius 3 is 2.48 bits per heavy atom. The molecule has 0 saturated carbocycles. The quantitative estimate of drug-likeness (QED) is 0.193. The number of carbonyl (C=O) groups excluding carboxylic acids is 2. The number of aromatic nitrogens is 1. The van der Waals surface area contributed by atoms with Crippen molar-refractivity contribution in [2.45, 2.75) is 58.9 Å². The maximum Gasteiger partial charge on any atom is 0.265 e. The number of thiophene rings is 1. The van der Waals surface area contributed by atoms with E-state index in [1.54, 1.807) is 23.0 Å². The fraction of sp³-hybridized carbons (Fsp3) is 0.359. The van der Waals surface area contributed by atoms with Crippen molar-refractivity contribution in [2.75, 3.05) is 41.7 Å². The second-order valence-electron chi connectivity index (χ2n) is 13.2. The highest BCUT2D eigenvalue weighted by atomic mass is 32.1. The molecule has 0 bridgehead atoms. The van der Waals surface area contributed by atoms with E-state index in [9.17, 15) is 14.4 Å². The second-order valence-corrected chi connectivity index (χ2v) is 14.3. The minimum atomic E-state index is -0.270. The molecular weight excluding hydrogens is 619 g/mol. The predicted molar refractivity (Wildman–Crippen MR) is 198 cm³/mol. The lowest BCUT2D eigenvalue weighted by molar-refractivity contribution is -0.111. The highest BCUT2D eigenvalue weighted by molar-refractivity contribution is 7.14. The van der Waals surface area contributed by atoms with Crippen LogP contribution in [0.5, 0.6) is 0 Å². The van der Waals surface area contributed by atoms with E-state index in [1.807, 2.05) is 55.6 Å². The summed E-state index contributed by atoms with van der Waals surface area (Å²) in [4.78, 5) is 46.0. The van der Waals surface area contributed by atoms with Crippen LogP contribution in [0.4, 0.5) is 17.1 Å². The van der Waals surface area contributed by atoms with Crippen molar-refractivity contribution in [3.63, 3.8) is 0 Å². The molecule has 1 aliphatic heterocycles. The molecule has 2 aromatic heterocycles. The number of nitrogens with zero attached hydrogens (tertiary/aromatic N) is 3. The van der Waals surface area contributed by atoms with E-state index >= 15 is 0 Å². The Morgan fingerprint density at radius 2 is 1.75 bits per heavy atom. The zero-order chi connectivity index (χ0) is 33.9. The molecule has 0 spiro atoms. The van der Waals surface area contributed by atoms with Crippen molar-refractivity contribution in [3.8, 4) is 11.1 Å². The molecule has 1 fully saturated rings. The van der Waals surface area contributed by atoms with Crippen LogP contribution in [0.1, 0.15) is 63.5 Å². The van der Waals surface area contributed by atoms with Gasteiger partial charge in [0, 0.05) is 68.0 Å². The van der Waals surface area contributed by atoms with Gasteiger partial charge in [-0.2, -0.15) is 0 Å². The predicted octanol–water partition coefficient (Wildman–Crippen LogP) is 6.80. The van der Waals surface area contributed by atoms with Gasteiger partial charge in [-0.05, 0) is 111 Å². The summed E-state index contributed by atoms with van der Waals surface area (Å²) in [5.74, 6) is -0.353. The molecule has 0 radical (unpaired) electrons. The average molecular weight is 664 g/mol. The zero-order valence-corrected chi connectivity index (χ0v) is 29.2. The first kappa shape index (κ1) is 33.4. The maximum atomic E-state index is 13.4. The number of amides is 2. The van der Waals surface area contributed by atoms with E-state index in [1.165, 1.54) is 29.4 Å². The minimum absolute atomic E-state index is 0.0758. The van der Waals surface area contributed by atoms with Crippen LogP contribution >= 0.6 is 11.3 Å². The SMILES string of the molecule is C=CC(=O)Nc1cc(Cc2cc(-c3cccc(NC(=O)c4cc5c(s4)CCCC5)c3C)cn(C)c2=O)ccc1N1CCN(C(C)C)CC1. The lowest BCUT2D eigenvalue weighted by atomic mass is 9.97. The van der Waals surface area contributed by atoms with Crippen molar-refractivity contribution in [1.29, 1.82) is 0 Å². The molecule has 2 amide bonds. The van der Waals surface area contributed by atoms with Gasteiger partial charge in [-0.25, -0.2) is 0 Å². The van der Waals surface area contributed by atoms with Crippen molar-refractivity contribution >= 4 is 40.2 Å². The van der Waals surface area contributed by atoms with E-state index in [4.69, 9.17) is 0 Å². The first-order valence-corrected chi connectivity index (χ1v) is 17.7. The lowest BCUT2D eigenvalue weighted by Gasteiger charge is -2.38. The van der Waals surface area contributed by atoms with E-state index in [2.05, 4.69) is 46.9 Å². The summed E-state index contributed by atoms with van der Waals surface area (Å²) in [6.07, 6.45) is 8.00. The molecule has 2 aromatic carbocycles. The first-order chi connectivity index (χ1) is 23.1. The molecule has 3 heterocycles. The van der Waals surface area contributed by atoms with E-state index in [0.29, 0.717) is 23.7 Å². The van der Waals surface area contributed by atoms with Gasteiger partial charge < -0.3 is 20.1 Å². The fourth-order valence-corrected chi connectivity index (χ4v) is 8.03. The second kappa shape index (κ2) is 14.3. The molecule has 48 heavy (non-hydrogen) atoms. The molecule has 4 aromatic rings. The third-order valence-electron chi connectivity index (χ3n) is 9.65. The fourth-order valence-electron chi connectivity index (χ4n) is 6.88. The van der Waals surface area contributed by atoms with Crippen LogP contribution in [0.15, 0.2) is 72.2 Å². The van der Waals surface area contributed by atoms with Gasteiger partial charge in [-0.15, -0.1) is 11.3 Å². The van der Waals surface area contributed by atoms with Crippen LogP contribution in [-0.4, -0.2) is 53.5 Å². The Morgan fingerprint density at radius 1 is 0.979 bits per heavy atom. The number of hydrogen-bond acceptors (Lipinski definition) is 6. The van der Waals surface area contributed by atoms with Gasteiger partial charge in [0.25, 0.3) is 11.5 Å². The third kappa shape index (κ3) is 7.17. The number of hydrogen-bond donors (Lipinski definition) is 2. The molecule has 8 nitrogen and oxygen atoms in total. The standard InChI is InChI=1S/C39H45N5O3S/c1-6-37(45)40-33-21-27(14-15-34(33)44-18-16-43(17-19-44)25(2)3)20-29-22-30(24-42(5)39(29)47)31-11-9-12-32(26(31)4)41-38(46)36-23-28-10-7-8-13-35(28)48-36/h6,9,11-12,14-15,21-25H,1,7-8,10,13,16-20H2,2-5H3,(H,40,45)(H,41,46). The molecule has 2 aliphatic rings. The zero-order valence-electron chi connectivity index (χ0n) is 28.4. The summed E-state index contributed by atoms with van der Waals surface area (Å²) in [5, 5.41) is 6.15. The monoisotopic (exact) mass is 663 g/mol. The topological polar surface area (TPSA) is 86.7 Å². The first-order valence-electron chi connectivity index (χ1n) is 16.9. The Bertz CT molecular complexity index is 1890. The summed E-state index contributed by atoms with van der Waals surface area (Å²) in [6, 6.07) is 16.5. The smallest absolute Gasteiger partial charge is 0.265 e. The van der Waals surface area contributed by atoms with Crippen molar-refractivity contribution < 1.29 is 9.59 Å². The van der Waals surface area contributed by atoms with Crippen LogP contribution in [0.3, 0.4) is 0 Å². The average Bonchev–Trinajstić information content (AvgIpc) is 3.53. The number of rotatable bonds is 9. The molecular formula is C39H45N5O3S. The van der Waals surface area contributed by atoms with Gasteiger partial charge in [0.1, 0.15) is 0 Å². The van der Waals surface area contributed by atoms with E-state index in [0.717, 1.165) is 77.5 Å². The van der Waals surface area contributed by atoms with E-state index < -0.39 is 0 Å². The Hall–Kier alpha value is -4.47. The third-order valence-corrected chi connectivity index (χ3v) is 10.9. The maximum absolute atomic E-state index is 13.4. The van der Waals surface area contributed by atoms with Crippen LogP contribution in [0, 0.1) is 6.92 Å². The highest BCUT2D eigenvalue weighted by Gasteiger charge is 2.22. The number of nitrogens with one attached hydrogen (secondary N) is 2. The summed E-state index contributed by atoms with van der Waals surface area (Å²) < 4.78 is 1.62. The number of anilines is 3. The normalized spacial score (nSPS) is 14.9. The summed E-state index contributed by atoms with van der Waals surface area (Å²) in [5.41, 5.74) is 8.03. The van der Waals surface area contributed by atoms with Crippen LogP contribution < -0.4 is 21.1 Å². The molecule has 9 heteroatoms. The molecule has 0 atom stereocenters. The van der Waals surface area contributed by atoms with Crippen molar-refractivity contribution in [3.05, 3.63) is 110 Å². The van der Waals surface area contributed by atoms with Gasteiger partial charge in [0.15, 0.2) is 0 Å². The van der Waals surface area contributed by atoms with Crippen LogP contribution in [0.25, 0.3) is 11.1 Å². The molecule has 1 aliphatic carbocycles. The Balaban J connectivity index is 1.26. The number of carbonyl (C=O) groups is 2. The summed E-state index contributed by atoms with van der Waals surface area (Å²) >= 11 is 1.61. The largest absolute Gasteiger partial charge is 0.367 e. The van der Waals surface area contributed by atoms with Gasteiger partial charge in [-0.3, -0.25) is 19.3 Å². The molecule has 2 N–H and O–H groups in total. The number of pyridine rings is 1. The van der Waals surface area contributed by atoms with Crippen LogP contribution in [0.2, 0.25) is 0 Å². The number of piperazine rings is 1. The Labute approximate surface area is 287 Å². The van der Waals surface area contributed by atoms with Crippen molar-refractivity contribution in [2.24, 2.45) is 7.05 Å². The number of fused-ring (bicyclic) bond motifs is 1. The Kier molecular flexibility index (Phi) is 9.99. The summed E-state index contributed by atoms with van der Waals surface area (Å²) in [6.45, 7) is 13.7. The van der Waals surface area contributed by atoms with Gasteiger partial charge in [0.2, 0.25) is 5.91 Å². The van der Waals surface area contributed by atoms with Gasteiger partial charge >= 0.3 is 0 Å². The molecule has 0 unspecified atom stereocenters. The molecule has 6 rings (SSSR count). The van der Waals surface area contributed by atoms with E-state index in [-0.39, 0.29) is 17.4 Å². The molecule has 250 valence electrons. The number of benzene rings is 2. The summed E-state index contributed by atoms with van der Waals surface area (Å²) in [7, 11) is 1.77. The lowest BCUT2D eigenvalue weighted by Crippen LogP contribution is -2.49. The van der Waals surface area contributed by atoms with Crippen molar-refractivity contribution in [1.82, 2.24) is 9.47 Å². The van der Waals surface area contributed by atoms with Gasteiger partial charge in [0.05, 0.1) is 16.3 Å². The minimum Gasteiger partial charge on any atom is -0.367 e. The van der Waals surface area contributed by atoms with Gasteiger partial charge in [-0.1, -0.05) is 24.8 Å². The number of aryl methyl sites for hydroxylation is 3. The van der Waals surface area contributed by atoms with Crippen LogP contribution in [-0.2, 0) is 31.1 Å². The molecule has 1 saturated heterocycles. The highest BCUT2D eigenvalue weighted by Crippen LogP contribution is 2.33.